The molecule has 0 spiro atoms. The van der Waals surface area contributed by atoms with Gasteiger partial charge in [-0.2, -0.15) is 0 Å². The summed E-state index contributed by atoms with van der Waals surface area (Å²) in [5, 5.41) is 5.24. The first-order valence-corrected chi connectivity index (χ1v) is 10.9. The largest absolute Gasteiger partial charge is 0.346 e. The Morgan fingerprint density at radius 2 is 1.73 bits per heavy atom. The smallest absolute Gasteiger partial charge is 0.236 e. The van der Waals surface area contributed by atoms with Crippen LogP contribution in [0.5, 0.6) is 0 Å². The fraction of sp³-hybridized carbons (Fsp3) is 0.556. The third-order valence-corrected chi connectivity index (χ3v) is 6.80. The number of carbonyl (C=O) groups excluding carboxylic acids is 1. The van der Waals surface area contributed by atoms with E-state index in [0.717, 1.165) is 64.0 Å². The first-order chi connectivity index (χ1) is 12.8. The maximum atomic E-state index is 12.6. The van der Waals surface area contributed by atoms with E-state index in [-0.39, 0.29) is 5.91 Å². The van der Waals surface area contributed by atoms with Gasteiger partial charge in [-0.3, -0.25) is 14.6 Å². The van der Waals surface area contributed by atoms with E-state index in [4.69, 9.17) is 0 Å². The molecule has 0 aliphatic carbocycles. The average molecular weight is 392 g/mol. The molecule has 2 aromatic heterocycles. The van der Waals surface area contributed by atoms with Gasteiger partial charge in [0.1, 0.15) is 0 Å². The molecule has 0 bridgehead atoms. The molecule has 1 amide bonds. The molecular weight excluding hydrogens is 366 g/mol. The van der Waals surface area contributed by atoms with Crippen molar-refractivity contribution >= 4 is 33.7 Å². The standard InChI is InChI=1S/C18H25N5OS2/c24-17(15-21-6-10-23(11-7-21)18-19-3-13-26-18)22-8-4-20(5-9-22)14-16-2-1-12-25-16/h1-3,12-13H,4-11,14-15H2. The molecule has 0 atom stereocenters. The van der Waals surface area contributed by atoms with Crippen molar-refractivity contribution < 1.29 is 4.79 Å². The van der Waals surface area contributed by atoms with E-state index in [1.165, 1.54) is 4.88 Å². The van der Waals surface area contributed by atoms with Gasteiger partial charge >= 0.3 is 0 Å². The fourth-order valence-corrected chi connectivity index (χ4v) is 4.98. The van der Waals surface area contributed by atoms with Crippen molar-refractivity contribution in [2.45, 2.75) is 6.54 Å². The number of carbonyl (C=O) groups is 1. The van der Waals surface area contributed by atoms with E-state index in [1.807, 2.05) is 27.8 Å². The minimum absolute atomic E-state index is 0.281. The molecule has 2 aliphatic rings. The van der Waals surface area contributed by atoms with E-state index in [1.54, 1.807) is 11.3 Å². The molecule has 0 N–H and O–H groups in total. The Hall–Kier alpha value is -1.48. The Morgan fingerprint density at radius 3 is 2.38 bits per heavy atom. The highest BCUT2D eigenvalue weighted by Crippen LogP contribution is 2.19. The van der Waals surface area contributed by atoms with Crippen LogP contribution in [0.25, 0.3) is 0 Å². The lowest BCUT2D eigenvalue weighted by molar-refractivity contribution is -0.134. The van der Waals surface area contributed by atoms with E-state index in [2.05, 4.69) is 37.2 Å². The molecule has 2 fully saturated rings. The minimum atomic E-state index is 0.281. The molecule has 0 saturated carbocycles. The molecular formula is C18H25N5OS2. The van der Waals surface area contributed by atoms with Crippen molar-refractivity contribution in [3.05, 3.63) is 34.0 Å². The first kappa shape index (κ1) is 17.9. The van der Waals surface area contributed by atoms with Crippen LogP contribution in [-0.2, 0) is 11.3 Å². The summed E-state index contributed by atoms with van der Waals surface area (Å²) in [5.74, 6) is 0.281. The number of rotatable bonds is 5. The number of nitrogens with zero attached hydrogens (tertiary/aromatic N) is 5. The molecule has 4 heterocycles. The van der Waals surface area contributed by atoms with Crippen LogP contribution < -0.4 is 4.90 Å². The van der Waals surface area contributed by atoms with Gasteiger partial charge in [0.25, 0.3) is 0 Å². The fourth-order valence-electron chi connectivity index (χ4n) is 3.54. The normalized spacial score (nSPS) is 19.8. The van der Waals surface area contributed by atoms with Crippen LogP contribution in [0.1, 0.15) is 4.88 Å². The van der Waals surface area contributed by atoms with Gasteiger partial charge in [-0.1, -0.05) is 6.07 Å². The summed E-state index contributed by atoms with van der Waals surface area (Å²) in [4.78, 5) is 27.5. The predicted molar refractivity (Wildman–Crippen MR) is 107 cm³/mol. The summed E-state index contributed by atoms with van der Waals surface area (Å²) in [6.45, 7) is 8.99. The van der Waals surface area contributed by atoms with Gasteiger partial charge in [0.05, 0.1) is 6.54 Å². The summed E-state index contributed by atoms with van der Waals surface area (Å²) in [5.41, 5.74) is 0. The Bertz CT molecular complexity index is 675. The molecule has 26 heavy (non-hydrogen) atoms. The molecule has 8 heteroatoms. The van der Waals surface area contributed by atoms with Gasteiger partial charge in [-0.15, -0.1) is 22.7 Å². The van der Waals surface area contributed by atoms with E-state index in [9.17, 15) is 4.79 Å². The summed E-state index contributed by atoms with van der Waals surface area (Å²) in [7, 11) is 0. The highest BCUT2D eigenvalue weighted by atomic mass is 32.1. The van der Waals surface area contributed by atoms with Crippen LogP contribution in [-0.4, -0.2) is 84.5 Å². The monoisotopic (exact) mass is 391 g/mol. The number of piperazine rings is 2. The highest BCUT2D eigenvalue weighted by molar-refractivity contribution is 7.13. The molecule has 2 aliphatic heterocycles. The van der Waals surface area contributed by atoms with Crippen LogP contribution in [0.15, 0.2) is 29.1 Å². The van der Waals surface area contributed by atoms with Crippen molar-refractivity contribution in [1.82, 2.24) is 19.7 Å². The van der Waals surface area contributed by atoms with Gasteiger partial charge in [0.15, 0.2) is 5.13 Å². The summed E-state index contributed by atoms with van der Waals surface area (Å²) < 4.78 is 0. The van der Waals surface area contributed by atoms with E-state index < -0.39 is 0 Å². The van der Waals surface area contributed by atoms with Crippen LogP contribution in [0, 0.1) is 0 Å². The average Bonchev–Trinajstić information content (AvgIpc) is 3.37. The quantitative estimate of drug-likeness (QED) is 0.776. The summed E-state index contributed by atoms with van der Waals surface area (Å²) >= 11 is 3.50. The molecule has 0 radical (unpaired) electrons. The lowest BCUT2D eigenvalue weighted by atomic mass is 10.2. The Balaban J connectivity index is 1.19. The minimum Gasteiger partial charge on any atom is -0.346 e. The number of thiazole rings is 1. The zero-order valence-electron chi connectivity index (χ0n) is 14.9. The Morgan fingerprint density at radius 1 is 0.962 bits per heavy atom. The van der Waals surface area contributed by atoms with Crippen molar-refractivity contribution in [1.29, 1.82) is 0 Å². The number of aromatic nitrogens is 1. The highest BCUT2D eigenvalue weighted by Gasteiger charge is 2.25. The second-order valence-corrected chi connectivity index (χ2v) is 8.72. The Labute approximate surface area is 162 Å². The van der Waals surface area contributed by atoms with Crippen LogP contribution in [0.3, 0.4) is 0 Å². The van der Waals surface area contributed by atoms with Crippen LogP contribution in [0.2, 0.25) is 0 Å². The van der Waals surface area contributed by atoms with E-state index in [0.29, 0.717) is 6.54 Å². The maximum absolute atomic E-state index is 12.6. The number of anilines is 1. The molecule has 6 nitrogen and oxygen atoms in total. The Kier molecular flexibility index (Phi) is 5.84. The summed E-state index contributed by atoms with van der Waals surface area (Å²) in [6.07, 6.45) is 1.86. The van der Waals surface area contributed by atoms with Gasteiger partial charge < -0.3 is 9.80 Å². The lowest BCUT2D eigenvalue weighted by Crippen LogP contribution is -2.53. The topological polar surface area (TPSA) is 42.9 Å². The van der Waals surface area contributed by atoms with Gasteiger partial charge in [-0.25, -0.2) is 4.98 Å². The van der Waals surface area contributed by atoms with Crippen molar-refractivity contribution in [2.24, 2.45) is 0 Å². The predicted octanol–water partition coefficient (Wildman–Crippen LogP) is 1.67. The molecule has 0 unspecified atom stereocenters. The molecule has 0 aromatic carbocycles. The van der Waals surface area contributed by atoms with Crippen molar-refractivity contribution in [3.63, 3.8) is 0 Å². The second-order valence-electron chi connectivity index (χ2n) is 6.81. The molecule has 4 rings (SSSR count). The molecule has 2 aromatic rings. The number of thiophene rings is 1. The van der Waals surface area contributed by atoms with Gasteiger partial charge in [0.2, 0.25) is 5.91 Å². The molecule has 140 valence electrons. The first-order valence-electron chi connectivity index (χ1n) is 9.17. The number of hydrogen-bond donors (Lipinski definition) is 0. The molecule has 2 saturated heterocycles. The zero-order chi connectivity index (χ0) is 17.8. The van der Waals surface area contributed by atoms with Crippen molar-refractivity contribution in [2.75, 3.05) is 63.8 Å². The maximum Gasteiger partial charge on any atom is 0.236 e. The number of amides is 1. The SMILES string of the molecule is O=C(CN1CCN(c2nccs2)CC1)N1CCN(Cc2cccs2)CC1. The van der Waals surface area contributed by atoms with Crippen LogP contribution >= 0.6 is 22.7 Å². The lowest BCUT2D eigenvalue weighted by Gasteiger charge is -2.37. The third-order valence-electron chi connectivity index (χ3n) is 5.11. The zero-order valence-corrected chi connectivity index (χ0v) is 16.6. The van der Waals surface area contributed by atoms with E-state index >= 15 is 0 Å². The summed E-state index contributed by atoms with van der Waals surface area (Å²) in [6, 6.07) is 4.29. The number of hydrogen-bond acceptors (Lipinski definition) is 7. The second kappa shape index (κ2) is 8.47. The van der Waals surface area contributed by atoms with Crippen molar-refractivity contribution in [3.8, 4) is 0 Å². The van der Waals surface area contributed by atoms with Crippen LogP contribution in [0.4, 0.5) is 5.13 Å². The van der Waals surface area contributed by atoms with Gasteiger partial charge in [-0.05, 0) is 11.4 Å². The third kappa shape index (κ3) is 4.43. The van der Waals surface area contributed by atoms with Gasteiger partial charge in [0, 0.05) is 75.4 Å².